The Kier molecular flexibility index (Phi) is 4.35. The van der Waals surface area contributed by atoms with E-state index in [0.717, 1.165) is 5.56 Å². The average Bonchev–Trinajstić information content (AvgIpc) is 3.01. The van der Waals surface area contributed by atoms with Crippen molar-refractivity contribution in [2.45, 2.75) is 26.2 Å². The predicted octanol–water partition coefficient (Wildman–Crippen LogP) is 3.67. The molecule has 0 saturated heterocycles. The highest BCUT2D eigenvalue weighted by atomic mass is 16.7. The Balaban J connectivity index is 1.65. The van der Waals surface area contributed by atoms with Crippen LogP contribution in [0.4, 0.5) is 10.5 Å². The second-order valence-corrected chi connectivity index (χ2v) is 6.81. The van der Waals surface area contributed by atoms with Gasteiger partial charge in [0.15, 0.2) is 11.5 Å². The second-order valence-electron chi connectivity index (χ2n) is 6.81. The van der Waals surface area contributed by atoms with Gasteiger partial charge in [0.2, 0.25) is 6.79 Å². The largest absolute Gasteiger partial charge is 0.454 e. The summed E-state index contributed by atoms with van der Waals surface area (Å²) < 4.78 is 10.4. The van der Waals surface area contributed by atoms with Crippen LogP contribution in [-0.2, 0) is 5.41 Å². The van der Waals surface area contributed by atoms with Crippen molar-refractivity contribution in [3.8, 4) is 11.5 Å². The number of carbonyl (C=O) groups is 2. The molecule has 6 nitrogen and oxygen atoms in total. The lowest BCUT2D eigenvalue weighted by Gasteiger charge is -2.19. The number of urea groups is 1. The van der Waals surface area contributed by atoms with E-state index in [0.29, 0.717) is 22.7 Å². The Bertz CT molecular complexity index is 824. The van der Waals surface area contributed by atoms with Gasteiger partial charge in [0.1, 0.15) is 0 Å². The topological polar surface area (TPSA) is 76.7 Å². The third-order valence-corrected chi connectivity index (χ3v) is 3.85. The molecule has 2 N–H and O–H groups in total. The number of rotatable bonds is 2. The van der Waals surface area contributed by atoms with Gasteiger partial charge in [-0.3, -0.25) is 10.1 Å². The van der Waals surface area contributed by atoms with E-state index in [2.05, 4.69) is 31.4 Å². The fourth-order valence-electron chi connectivity index (χ4n) is 2.44. The Labute approximate surface area is 146 Å². The average molecular weight is 340 g/mol. The zero-order valence-electron chi connectivity index (χ0n) is 14.4. The van der Waals surface area contributed by atoms with Crippen molar-refractivity contribution in [3.05, 3.63) is 53.6 Å². The van der Waals surface area contributed by atoms with Crippen molar-refractivity contribution in [1.82, 2.24) is 5.32 Å². The van der Waals surface area contributed by atoms with E-state index in [1.165, 1.54) is 0 Å². The molecule has 0 bridgehead atoms. The van der Waals surface area contributed by atoms with E-state index >= 15 is 0 Å². The summed E-state index contributed by atoms with van der Waals surface area (Å²) in [6, 6.07) is 11.7. The van der Waals surface area contributed by atoms with Crippen molar-refractivity contribution >= 4 is 17.6 Å². The number of benzene rings is 2. The van der Waals surface area contributed by atoms with Gasteiger partial charge in [-0.2, -0.15) is 0 Å². The van der Waals surface area contributed by atoms with Crippen LogP contribution in [0.5, 0.6) is 11.5 Å². The molecule has 0 unspecified atom stereocenters. The lowest BCUT2D eigenvalue weighted by Crippen LogP contribution is -2.34. The fraction of sp³-hybridized carbons (Fsp3) is 0.263. The quantitative estimate of drug-likeness (QED) is 0.874. The smallest absolute Gasteiger partial charge is 0.326 e. The minimum atomic E-state index is -0.589. The number of fused-ring (bicyclic) bond motifs is 1. The maximum absolute atomic E-state index is 12.2. The van der Waals surface area contributed by atoms with Crippen LogP contribution in [0.3, 0.4) is 0 Å². The molecule has 3 amide bonds. The molecular formula is C19H20N2O4. The van der Waals surface area contributed by atoms with Gasteiger partial charge in [-0.05, 0) is 41.3 Å². The van der Waals surface area contributed by atoms with E-state index in [1.54, 1.807) is 24.3 Å². The Morgan fingerprint density at radius 1 is 1.00 bits per heavy atom. The van der Waals surface area contributed by atoms with Gasteiger partial charge < -0.3 is 14.8 Å². The summed E-state index contributed by atoms with van der Waals surface area (Å²) in [6.07, 6.45) is 0. The molecule has 1 heterocycles. The summed E-state index contributed by atoms with van der Waals surface area (Å²) in [6.45, 7) is 6.41. The van der Waals surface area contributed by atoms with E-state index in [1.807, 2.05) is 18.2 Å². The molecule has 6 heteroatoms. The van der Waals surface area contributed by atoms with Crippen LogP contribution in [0, 0.1) is 0 Å². The maximum atomic E-state index is 12.2. The summed E-state index contributed by atoms with van der Waals surface area (Å²) in [5, 5.41) is 4.99. The second kappa shape index (κ2) is 6.47. The molecule has 0 aromatic heterocycles. The third-order valence-electron chi connectivity index (χ3n) is 3.85. The molecular weight excluding hydrogens is 320 g/mol. The zero-order valence-corrected chi connectivity index (χ0v) is 14.4. The van der Waals surface area contributed by atoms with Crippen molar-refractivity contribution in [3.63, 3.8) is 0 Å². The van der Waals surface area contributed by atoms with E-state index in [4.69, 9.17) is 9.47 Å². The summed E-state index contributed by atoms with van der Waals surface area (Å²) >= 11 is 0. The summed E-state index contributed by atoms with van der Waals surface area (Å²) in [4.78, 5) is 24.3. The van der Waals surface area contributed by atoms with Crippen LogP contribution in [0.15, 0.2) is 42.5 Å². The van der Waals surface area contributed by atoms with Crippen LogP contribution in [0.2, 0.25) is 0 Å². The van der Waals surface area contributed by atoms with E-state index in [9.17, 15) is 9.59 Å². The standard InChI is InChI=1S/C19H20N2O4/c1-19(2,3)13-5-4-6-14(10-13)20-18(23)21-17(22)12-7-8-15-16(9-12)25-11-24-15/h4-10H,11H2,1-3H3,(H2,20,21,22,23). The fourth-order valence-corrected chi connectivity index (χ4v) is 2.44. The van der Waals surface area contributed by atoms with Crippen LogP contribution in [0.1, 0.15) is 36.7 Å². The Hall–Kier alpha value is -3.02. The molecule has 2 aromatic carbocycles. The number of imide groups is 1. The van der Waals surface area contributed by atoms with Crippen molar-refractivity contribution in [1.29, 1.82) is 0 Å². The first-order valence-corrected chi connectivity index (χ1v) is 7.95. The molecule has 0 fully saturated rings. The highest BCUT2D eigenvalue weighted by Crippen LogP contribution is 2.32. The Morgan fingerprint density at radius 3 is 2.52 bits per heavy atom. The first-order chi connectivity index (χ1) is 11.8. The summed E-state index contributed by atoms with van der Waals surface area (Å²) in [7, 11) is 0. The molecule has 3 rings (SSSR count). The molecule has 130 valence electrons. The normalized spacial score (nSPS) is 12.6. The van der Waals surface area contributed by atoms with Gasteiger partial charge in [0.05, 0.1) is 0 Å². The van der Waals surface area contributed by atoms with Crippen LogP contribution in [0.25, 0.3) is 0 Å². The lowest BCUT2D eigenvalue weighted by molar-refractivity contribution is 0.0966. The van der Waals surface area contributed by atoms with Crippen molar-refractivity contribution in [2.24, 2.45) is 0 Å². The van der Waals surface area contributed by atoms with E-state index < -0.39 is 11.9 Å². The number of anilines is 1. The number of hydrogen-bond acceptors (Lipinski definition) is 4. The minimum absolute atomic E-state index is 0.0313. The number of carbonyl (C=O) groups excluding carboxylic acids is 2. The maximum Gasteiger partial charge on any atom is 0.326 e. The first kappa shape index (κ1) is 16.8. The van der Waals surface area contributed by atoms with Crippen LogP contribution >= 0.6 is 0 Å². The van der Waals surface area contributed by atoms with Gasteiger partial charge >= 0.3 is 6.03 Å². The highest BCUT2D eigenvalue weighted by molar-refractivity contribution is 6.08. The zero-order chi connectivity index (χ0) is 18.0. The van der Waals surface area contributed by atoms with Gasteiger partial charge in [-0.1, -0.05) is 32.9 Å². The van der Waals surface area contributed by atoms with Crippen LogP contribution < -0.4 is 20.1 Å². The van der Waals surface area contributed by atoms with Gasteiger partial charge in [0.25, 0.3) is 5.91 Å². The number of nitrogens with one attached hydrogen (secondary N) is 2. The summed E-state index contributed by atoms with van der Waals surface area (Å²) in [5.41, 5.74) is 2.01. The molecule has 0 aliphatic carbocycles. The monoisotopic (exact) mass is 340 g/mol. The molecule has 0 spiro atoms. The van der Waals surface area contributed by atoms with Crippen molar-refractivity contribution in [2.75, 3.05) is 12.1 Å². The number of amides is 3. The van der Waals surface area contributed by atoms with Crippen LogP contribution in [-0.4, -0.2) is 18.7 Å². The van der Waals surface area contributed by atoms with E-state index in [-0.39, 0.29) is 12.2 Å². The molecule has 25 heavy (non-hydrogen) atoms. The van der Waals surface area contributed by atoms with Gasteiger partial charge in [-0.15, -0.1) is 0 Å². The first-order valence-electron chi connectivity index (χ1n) is 7.95. The minimum Gasteiger partial charge on any atom is -0.454 e. The van der Waals surface area contributed by atoms with Gasteiger partial charge in [0, 0.05) is 11.3 Å². The Morgan fingerprint density at radius 2 is 1.76 bits per heavy atom. The van der Waals surface area contributed by atoms with Gasteiger partial charge in [-0.25, -0.2) is 4.79 Å². The number of hydrogen-bond donors (Lipinski definition) is 2. The molecule has 2 aromatic rings. The highest BCUT2D eigenvalue weighted by Gasteiger charge is 2.18. The summed E-state index contributed by atoms with van der Waals surface area (Å²) in [5.74, 6) is 0.564. The SMILES string of the molecule is CC(C)(C)c1cccc(NC(=O)NC(=O)c2ccc3c(c2)OCO3)c1. The molecule has 1 aliphatic rings. The van der Waals surface area contributed by atoms with Crippen molar-refractivity contribution < 1.29 is 19.1 Å². The lowest BCUT2D eigenvalue weighted by atomic mass is 9.87. The molecule has 1 aliphatic heterocycles. The molecule has 0 radical (unpaired) electrons. The molecule has 0 atom stereocenters. The third kappa shape index (κ3) is 3.91. The molecule has 0 saturated carbocycles. The number of ether oxygens (including phenoxy) is 2. The predicted molar refractivity (Wildman–Crippen MR) is 94.2 cm³/mol.